The summed E-state index contributed by atoms with van der Waals surface area (Å²) in [6.07, 6.45) is 0.722. The van der Waals surface area contributed by atoms with Gasteiger partial charge in [0.15, 0.2) is 0 Å². The van der Waals surface area contributed by atoms with E-state index in [1.807, 2.05) is 30.3 Å². The maximum Gasteiger partial charge on any atom is 0.255 e. The van der Waals surface area contributed by atoms with Crippen LogP contribution in [0.1, 0.15) is 20.7 Å². The molecule has 0 aliphatic carbocycles. The van der Waals surface area contributed by atoms with Gasteiger partial charge in [0.25, 0.3) is 5.91 Å². The highest BCUT2D eigenvalue weighted by atomic mass is 16.1. The van der Waals surface area contributed by atoms with Crippen molar-refractivity contribution in [1.29, 1.82) is 0 Å². The van der Waals surface area contributed by atoms with Crippen molar-refractivity contribution in [2.75, 3.05) is 5.32 Å². The Kier molecular flexibility index (Phi) is 3.31. The minimum absolute atomic E-state index is 0.222. The highest BCUT2D eigenvalue weighted by Gasteiger charge is 2.05. The maximum absolute atomic E-state index is 11.9. The summed E-state index contributed by atoms with van der Waals surface area (Å²) in [5, 5.41) is 2.75. The number of para-hydroxylation sites is 1. The molecule has 84 valence electrons. The molecule has 2 rings (SSSR count). The van der Waals surface area contributed by atoms with E-state index in [0.29, 0.717) is 11.1 Å². The molecule has 0 aliphatic rings. The quantitative estimate of drug-likeness (QED) is 0.816. The SMILES string of the molecule is O=Cc1cccc(C(=O)Nc2ccccc2)c1. The van der Waals surface area contributed by atoms with Crippen LogP contribution in [0.25, 0.3) is 0 Å². The fourth-order valence-corrected chi connectivity index (χ4v) is 1.48. The van der Waals surface area contributed by atoms with Crippen LogP contribution in [0, 0.1) is 0 Å². The molecule has 1 amide bonds. The van der Waals surface area contributed by atoms with Gasteiger partial charge in [0.1, 0.15) is 6.29 Å². The highest BCUT2D eigenvalue weighted by Crippen LogP contribution is 2.09. The monoisotopic (exact) mass is 225 g/mol. The predicted octanol–water partition coefficient (Wildman–Crippen LogP) is 2.75. The van der Waals surface area contributed by atoms with E-state index in [0.717, 1.165) is 12.0 Å². The lowest BCUT2D eigenvalue weighted by Gasteiger charge is -2.05. The lowest BCUT2D eigenvalue weighted by atomic mass is 10.1. The van der Waals surface area contributed by atoms with Crippen molar-refractivity contribution in [3.05, 3.63) is 65.7 Å². The van der Waals surface area contributed by atoms with Crippen molar-refractivity contribution in [3.63, 3.8) is 0 Å². The summed E-state index contributed by atoms with van der Waals surface area (Å²) in [6.45, 7) is 0. The van der Waals surface area contributed by atoms with Crippen LogP contribution in [-0.2, 0) is 0 Å². The van der Waals surface area contributed by atoms with Crippen LogP contribution in [0.15, 0.2) is 54.6 Å². The van der Waals surface area contributed by atoms with E-state index < -0.39 is 0 Å². The molecule has 0 aromatic heterocycles. The van der Waals surface area contributed by atoms with Crippen LogP contribution in [0.4, 0.5) is 5.69 Å². The number of nitrogens with one attached hydrogen (secondary N) is 1. The largest absolute Gasteiger partial charge is 0.322 e. The average molecular weight is 225 g/mol. The number of hydrogen-bond acceptors (Lipinski definition) is 2. The van der Waals surface area contributed by atoms with Gasteiger partial charge in [0, 0.05) is 16.8 Å². The van der Waals surface area contributed by atoms with Gasteiger partial charge < -0.3 is 5.32 Å². The summed E-state index contributed by atoms with van der Waals surface area (Å²) in [4.78, 5) is 22.5. The highest BCUT2D eigenvalue weighted by molar-refractivity contribution is 6.04. The van der Waals surface area contributed by atoms with E-state index in [1.165, 1.54) is 0 Å². The minimum Gasteiger partial charge on any atom is -0.322 e. The van der Waals surface area contributed by atoms with Crippen molar-refractivity contribution in [2.45, 2.75) is 0 Å². The van der Waals surface area contributed by atoms with Crippen LogP contribution in [-0.4, -0.2) is 12.2 Å². The molecule has 0 saturated carbocycles. The maximum atomic E-state index is 11.9. The Balaban J connectivity index is 2.17. The molecule has 0 aliphatic heterocycles. The molecule has 0 unspecified atom stereocenters. The lowest BCUT2D eigenvalue weighted by molar-refractivity contribution is 0.102. The smallest absolute Gasteiger partial charge is 0.255 e. The number of benzene rings is 2. The first-order chi connectivity index (χ1) is 8.29. The average Bonchev–Trinajstić information content (AvgIpc) is 2.40. The number of anilines is 1. The standard InChI is InChI=1S/C14H11NO2/c16-10-11-5-4-6-12(9-11)14(17)15-13-7-2-1-3-8-13/h1-10H,(H,15,17). The fourth-order valence-electron chi connectivity index (χ4n) is 1.48. The number of hydrogen-bond donors (Lipinski definition) is 1. The van der Waals surface area contributed by atoms with Crippen molar-refractivity contribution in [2.24, 2.45) is 0 Å². The van der Waals surface area contributed by atoms with Crippen molar-refractivity contribution < 1.29 is 9.59 Å². The molecule has 0 bridgehead atoms. The zero-order valence-electron chi connectivity index (χ0n) is 9.09. The molecule has 0 spiro atoms. The molecule has 2 aromatic rings. The third-order valence-electron chi connectivity index (χ3n) is 2.32. The summed E-state index contributed by atoms with van der Waals surface area (Å²) in [5.41, 5.74) is 1.69. The van der Waals surface area contributed by atoms with Gasteiger partial charge in [-0.3, -0.25) is 9.59 Å². The molecular formula is C14H11NO2. The van der Waals surface area contributed by atoms with Gasteiger partial charge in [-0.1, -0.05) is 30.3 Å². The number of carbonyl (C=O) groups excluding carboxylic acids is 2. The zero-order chi connectivity index (χ0) is 12.1. The Labute approximate surface area is 99.1 Å². The van der Waals surface area contributed by atoms with Crippen molar-refractivity contribution >= 4 is 17.9 Å². The number of carbonyl (C=O) groups is 2. The molecule has 0 fully saturated rings. The number of amides is 1. The van der Waals surface area contributed by atoms with E-state index in [9.17, 15) is 9.59 Å². The van der Waals surface area contributed by atoms with Gasteiger partial charge in [0.05, 0.1) is 0 Å². The summed E-state index contributed by atoms with van der Waals surface area (Å²) in [7, 11) is 0. The Morgan fingerprint density at radius 1 is 1.00 bits per heavy atom. The predicted molar refractivity (Wildman–Crippen MR) is 66.2 cm³/mol. The lowest BCUT2D eigenvalue weighted by Crippen LogP contribution is -2.11. The zero-order valence-corrected chi connectivity index (χ0v) is 9.09. The Hall–Kier alpha value is -2.42. The first kappa shape index (κ1) is 11.1. The first-order valence-electron chi connectivity index (χ1n) is 5.21. The third-order valence-corrected chi connectivity index (χ3v) is 2.32. The second kappa shape index (κ2) is 5.07. The second-order valence-corrected chi connectivity index (χ2v) is 3.56. The Morgan fingerprint density at radius 3 is 2.47 bits per heavy atom. The minimum atomic E-state index is -0.222. The van der Waals surface area contributed by atoms with E-state index in [-0.39, 0.29) is 5.91 Å². The molecule has 1 N–H and O–H groups in total. The van der Waals surface area contributed by atoms with Gasteiger partial charge >= 0.3 is 0 Å². The Morgan fingerprint density at radius 2 is 1.76 bits per heavy atom. The van der Waals surface area contributed by atoms with Crippen LogP contribution in [0.2, 0.25) is 0 Å². The van der Waals surface area contributed by atoms with E-state index >= 15 is 0 Å². The molecule has 0 radical (unpaired) electrons. The van der Waals surface area contributed by atoms with Gasteiger partial charge in [0.2, 0.25) is 0 Å². The van der Waals surface area contributed by atoms with E-state index in [1.54, 1.807) is 24.3 Å². The van der Waals surface area contributed by atoms with Crippen LogP contribution in [0.3, 0.4) is 0 Å². The number of aldehydes is 1. The molecule has 2 aromatic carbocycles. The second-order valence-electron chi connectivity index (χ2n) is 3.56. The molecule has 0 atom stereocenters. The summed E-state index contributed by atoms with van der Waals surface area (Å²) < 4.78 is 0. The van der Waals surface area contributed by atoms with Gasteiger partial charge in [-0.2, -0.15) is 0 Å². The fraction of sp³-hybridized carbons (Fsp3) is 0. The third kappa shape index (κ3) is 2.78. The molecule has 3 heteroatoms. The summed E-state index contributed by atoms with van der Waals surface area (Å²) >= 11 is 0. The topological polar surface area (TPSA) is 46.2 Å². The van der Waals surface area contributed by atoms with Crippen LogP contribution >= 0.6 is 0 Å². The number of rotatable bonds is 3. The van der Waals surface area contributed by atoms with E-state index in [4.69, 9.17) is 0 Å². The van der Waals surface area contributed by atoms with Crippen molar-refractivity contribution in [1.82, 2.24) is 0 Å². The van der Waals surface area contributed by atoms with E-state index in [2.05, 4.69) is 5.32 Å². The van der Waals surface area contributed by atoms with Gasteiger partial charge in [-0.05, 0) is 24.3 Å². The van der Waals surface area contributed by atoms with Crippen LogP contribution < -0.4 is 5.32 Å². The van der Waals surface area contributed by atoms with Gasteiger partial charge in [-0.15, -0.1) is 0 Å². The Bertz CT molecular complexity index is 535. The normalized spacial score (nSPS) is 9.65. The molecule has 0 heterocycles. The van der Waals surface area contributed by atoms with Gasteiger partial charge in [-0.25, -0.2) is 0 Å². The van der Waals surface area contributed by atoms with Crippen molar-refractivity contribution in [3.8, 4) is 0 Å². The molecule has 0 saturated heterocycles. The summed E-state index contributed by atoms with van der Waals surface area (Å²) in [5.74, 6) is -0.222. The summed E-state index contributed by atoms with van der Waals surface area (Å²) in [6, 6.07) is 15.8. The van der Waals surface area contributed by atoms with Crippen LogP contribution in [0.5, 0.6) is 0 Å². The molecule has 17 heavy (non-hydrogen) atoms. The molecular weight excluding hydrogens is 214 g/mol. The first-order valence-corrected chi connectivity index (χ1v) is 5.21. The molecule has 3 nitrogen and oxygen atoms in total.